The second-order valence-electron chi connectivity index (χ2n) is 13.3. The zero-order chi connectivity index (χ0) is 37.9. The van der Waals surface area contributed by atoms with Gasteiger partial charge in [0, 0.05) is 69.9 Å². The number of aldehydes is 2. The Hall–Kier alpha value is -5.84. The Morgan fingerprint density at radius 1 is 0.519 bits per heavy atom. The van der Waals surface area contributed by atoms with Gasteiger partial charge in [-0.15, -0.1) is 0 Å². The maximum atomic E-state index is 14.1. The van der Waals surface area contributed by atoms with E-state index in [0.717, 1.165) is 54.1 Å². The Bertz CT molecular complexity index is 2470. The van der Waals surface area contributed by atoms with Crippen LogP contribution in [0.5, 0.6) is 0 Å². The van der Waals surface area contributed by atoms with Gasteiger partial charge in [0.15, 0.2) is 12.6 Å². The summed E-state index contributed by atoms with van der Waals surface area (Å²) in [4.78, 5) is 60.3. The van der Waals surface area contributed by atoms with Crippen LogP contribution in [0.15, 0.2) is 150 Å². The van der Waals surface area contributed by atoms with E-state index >= 15 is 0 Å². The number of carbonyl (C=O) groups excluding carboxylic acids is 2. The second kappa shape index (κ2) is 15.6. The van der Waals surface area contributed by atoms with Crippen LogP contribution in [0.25, 0.3) is 21.8 Å². The third-order valence-corrected chi connectivity index (χ3v) is 11.6. The van der Waals surface area contributed by atoms with Gasteiger partial charge in [0.25, 0.3) is 11.1 Å². The highest BCUT2D eigenvalue weighted by atomic mass is 32.2. The minimum Gasteiger partial charge on any atom is -0.378 e. The summed E-state index contributed by atoms with van der Waals surface area (Å²) in [6, 6.07) is 39.0. The van der Waals surface area contributed by atoms with Gasteiger partial charge < -0.3 is 18.9 Å². The molecule has 270 valence electrons. The van der Waals surface area contributed by atoms with Gasteiger partial charge in [-0.2, -0.15) is 0 Å². The minimum atomic E-state index is -0.361. The summed E-state index contributed by atoms with van der Waals surface area (Å²) in [7, 11) is 7.80. The molecule has 5 aromatic carbocycles. The smallest absolute Gasteiger partial charge is 0.263 e. The van der Waals surface area contributed by atoms with E-state index in [1.54, 1.807) is 9.13 Å². The van der Waals surface area contributed by atoms with Crippen LogP contribution >= 0.6 is 23.5 Å². The lowest BCUT2D eigenvalue weighted by molar-refractivity contribution is 0.111. The largest absolute Gasteiger partial charge is 0.378 e. The zero-order valence-electron chi connectivity index (χ0n) is 30.4. The van der Waals surface area contributed by atoms with Crippen LogP contribution < -0.4 is 20.9 Å². The number of anilines is 2. The van der Waals surface area contributed by atoms with Gasteiger partial charge in [0.05, 0.1) is 35.2 Å². The van der Waals surface area contributed by atoms with Gasteiger partial charge in [0.2, 0.25) is 0 Å². The molecule has 54 heavy (non-hydrogen) atoms. The van der Waals surface area contributed by atoms with E-state index < -0.39 is 0 Å². The molecule has 0 radical (unpaired) electrons. The van der Waals surface area contributed by atoms with Gasteiger partial charge in [-0.05, 0) is 65.7 Å². The summed E-state index contributed by atoms with van der Waals surface area (Å²) in [5.41, 5.74) is 4.67. The van der Waals surface area contributed by atoms with Gasteiger partial charge in [-0.3, -0.25) is 19.2 Å². The summed E-state index contributed by atoms with van der Waals surface area (Å²) in [6.45, 7) is 0.635. The van der Waals surface area contributed by atoms with Crippen LogP contribution in [0.4, 0.5) is 11.4 Å². The van der Waals surface area contributed by atoms with E-state index in [9.17, 15) is 19.2 Å². The fourth-order valence-corrected chi connectivity index (χ4v) is 8.80. The van der Waals surface area contributed by atoms with Gasteiger partial charge >= 0.3 is 0 Å². The highest BCUT2D eigenvalue weighted by Crippen LogP contribution is 2.40. The molecule has 0 aliphatic rings. The van der Waals surface area contributed by atoms with Crippen molar-refractivity contribution in [2.45, 2.75) is 32.7 Å². The van der Waals surface area contributed by atoms with Crippen molar-refractivity contribution in [3.05, 3.63) is 164 Å². The van der Waals surface area contributed by atoms with E-state index in [0.29, 0.717) is 35.5 Å². The number of hydrogen-bond donors (Lipinski definition) is 0. The number of hydrogen-bond acceptors (Lipinski definition) is 8. The van der Waals surface area contributed by atoms with Crippen molar-refractivity contribution in [1.82, 2.24) is 9.13 Å². The molecule has 7 rings (SSSR count). The maximum Gasteiger partial charge on any atom is 0.263 e. The molecule has 2 aromatic heterocycles. The average molecular weight is 751 g/mol. The lowest BCUT2D eigenvalue weighted by Crippen LogP contribution is -2.26. The van der Waals surface area contributed by atoms with Crippen LogP contribution in [0.2, 0.25) is 0 Å². The molecule has 0 aliphatic heterocycles. The molecule has 0 bridgehead atoms. The maximum absolute atomic E-state index is 14.1. The first-order chi connectivity index (χ1) is 26.2. The molecule has 0 fully saturated rings. The second-order valence-corrected chi connectivity index (χ2v) is 15.5. The summed E-state index contributed by atoms with van der Waals surface area (Å²) >= 11 is 2.70. The van der Waals surface area contributed by atoms with E-state index in [-0.39, 0.29) is 22.2 Å². The fourth-order valence-electron chi connectivity index (χ4n) is 6.53. The highest BCUT2D eigenvalue weighted by Gasteiger charge is 2.21. The monoisotopic (exact) mass is 750 g/mol. The predicted octanol–water partition coefficient (Wildman–Crippen LogP) is 8.47. The summed E-state index contributed by atoms with van der Waals surface area (Å²) in [6.07, 6.45) is 1.30. The van der Waals surface area contributed by atoms with Crippen LogP contribution in [0, 0.1) is 0 Å². The van der Waals surface area contributed by atoms with Crippen molar-refractivity contribution in [3.63, 3.8) is 0 Å². The van der Waals surface area contributed by atoms with E-state index in [4.69, 9.17) is 0 Å². The lowest BCUT2D eigenvalue weighted by Gasteiger charge is -2.20. The Morgan fingerprint density at radius 3 is 1.30 bits per heavy atom. The number of carbonyl (C=O) groups is 2. The van der Waals surface area contributed by atoms with Crippen molar-refractivity contribution in [2.24, 2.45) is 0 Å². The molecular weight excluding hydrogens is 713 g/mol. The molecule has 8 nitrogen and oxygen atoms in total. The average Bonchev–Trinajstić information content (AvgIpc) is 3.18. The summed E-state index contributed by atoms with van der Waals surface area (Å²) in [5, 5.41) is 1.57. The number of nitrogens with zero attached hydrogens (tertiary/aromatic N) is 4. The first-order valence-electron chi connectivity index (χ1n) is 17.4. The Morgan fingerprint density at radius 2 is 0.926 bits per heavy atom. The topological polar surface area (TPSA) is 84.6 Å². The van der Waals surface area contributed by atoms with Crippen LogP contribution in [0.1, 0.15) is 31.8 Å². The van der Waals surface area contributed by atoms with Gasteiger partial charge in [0.1, 0.15) is 0 Å². The zero-order valence-corrected chi connectivity index (χ0v) is 32.0. The van der Waals surface area contributed by atoms with Gasteiger partial charge in [-0.1, -0.05) is 90.3 Å². The fraction of sp³-hybridized carbons (Fsp3) is 0.136. The Kier molecular flexibility index (Phi) is 10.6. The molecule has 0 N–H and O–H groups in total. The van der Waals surface area contributed by atoms with Gasteiger partial charge in [-0.25, -0.2) is 0 Å². The number of aromatic nitrogens is 2. The standard InChI is InChI=1S/C44H38N4O4S2/c1-45(2)31-18-20-35-39(22-31)47(25-29-12-7-5-8-13-29)43(51)37(27-49)41(35)53-33-16-11-17-34(24-33)54-42-36-21-19-32(46(3)4)23-40(36)48(44(52)38(42)28-50)26-30-14-9-6-10-15-30/h5-24,27-28H,25-26H2,1-4H3. The van der Waals surface area contributed by atoms with Crippen molar-refractivity contribution >= 4 is 69.3 Å². The third-order valence-electron chi connectivity index (χ3n) is 9.35. The lowest BCUT2D eigenvalue weighted by atomic mass is 10.1. The minimum absolute atomic E-state index is 0.0899. The van der Waals surface area contributed by atoms with Crippen LogP contribution in [0.3, 0.4) is 0 Å². The van der Waals surface area contributed by atoms with E-state index in [2.05, 4.69) is 0 Å². The Labute approximate surface area is 321 Å². The first kappa shape index (κ1) is 36.5. The number of pyridine rings is 2. The number of rotatable bonds is 12. The van der Waals surface area contributed by atoms with Crippen LogP contribution in [-0.2, 0) is 13.1 Å². The van der Waals surface area contributed by atoms with Crippen molar-refractivity contribution in [2.75, 3.05) is 38.0 Å². The normalized spacial score (nSPS) is 11.2. The van der Waals surface area contributed by atoms with Crippen molar-refractivity contribution in [3.8, 4) is 0 Å². The molecule has 0 amide bonds. The highest BCUT2D eigenvalue weighted by molar-refractivity contribution is 8.00. The molecule has 0 unspecified atom stereocenters. The van der Waals surface area contributed by atoms with E-state index in [1.807, 2.05) is 159 Å². The molecule has 0 aliphatic carbocycles. The summed E-state index contributed by atoms with van der Waals surface area (Å²) < 4.78 is 3.34. The Balaban J connectivity index is 1.32. The molecule has 10 heteroatoms. The molecule has 0 saturated carbocycles. The molecule has 0 saturated heterocycles. The molecule has 0 spiro atoms. The summed E-state index contributed by atoms with van der Waals surface area (Å²) in [5.74, 6) is 0. The molecular formula is C44H38N4O4S2. The van der Waals surface area contributed by atoms with Crippen molar-refractivity contribution in [1.29, 1.82) is 0 Å². The van der Waals surface area contributed by atoms with Crippen molar-refractivity contribution < 1.29 is 9.59 Å². The molecule has 2 heterocycles. The quantitative estimate of drug-likeness (QED) is 0.115. The SMILES string of the molecule is CN(C)c1ccc2c(Sc3cccc(Sc4c(C=O)c(=O)n(Cc5ccccc5)c5cc(N(C)C)ccc45)c3)c(C=O)c(=O)n(Cc3ccccc3)c2c1. The van der Waals surface area contributed by atoms with E-state index in [1.165, 1.54) is 23.5 Å². The van der Waals surface area contributed by atoms with Crippen LogP contribution in [-0.4, -0.2) is 49.9 Å². The third kappa shape index (κ3) is 7.22. The molecule has 7 aromatic rings. The predicted molar refractivity (Wildman–Crippen MR) is 222 cm³/mol. The number of fused-ring (bicyclic) bond motifs is 2. The first-order valence-corrected chi connectivity index (χ1v) is 19.0. The number of benzene rings is 5. The molecule has 0 atom stereocenters.